The Morgan fingerprint density at radius 3 is 2.58 bits per heavy atom. The molecule has 0 saturated carbocycles. The number of rotatable bonds is 4. The monoisotopic (exact) mass is 261 g/mol. The number of aryl methyl sites for hydroxylation is 1. The lowest BCUT2D eigenvalue weighted by Crippen LogP contribution is -2.40. The third kappa shape index (κ3) is 4.54. The van der Waals surface area contributed by atoms with Crippen LogP contribution in [-0.4, -0.2) is 34.8 Å². The maximum Gasteiger partial charge on any atom is 0.315 e. The molecule has 5 heteroatoms. The van der Waals surface area contributed by atoms with E-state index >= 15 is 0 Å². The minimum Gasteiger partial charge on any atom is -0.331 e. The van der Waals surface area contributed by atoms with E-state index in [-0.39, 0.29) is 0 Å². The van der Waals surface area contributed by atoms with Gasteiger partial charge in [0.1, 0.15) is 5.82 Å². The number of amides is 2. The van der Waals surface area contributed by atoms with Crippen LogP contribution < -0.4 is 5.32 Å². The maximum absolute atomic E-state index is 11.9. The molecule has 0 aliphatic heterocycles. The molecule has 1 aromatic rings. The molecule has 2 amide bonds. The van der Waals surface area contributed by atoms with Crippen LogP contribution in [0.3, 0.4) is 0 Å². The fraction of sp³-hybridized carbons (Fsp3) is 0.357. The average Bonchev–Trinajstić information content (AvgIpc) is 2.37. The van der Waals surface area contributed by atoms with E-state index < -0.39 is 11.8 Å². The van der Waals surface area contributed by atoms with Gasteiger partial charge in [-0.1, -0.05) is 18.2 Å². The summed E-state index contributed by atoms with van der Waals surface area (Å²) in [6.45, 7) is 10.1. The van der Waals surface area contributed by atoms with E-state index in [1.165, 1.54) is 4.90 Å². The molecule has 1 heterocycles. The molecule has 0 aliphatic rings. The van der Waals surface area contributed by atoms with Gasteiger partial charge < -0.3 is 10.2 Å². The molecule has 0 aromatic carbocycles. The van der Waals surface area contributed by atoms with Gasteiger partial charge in [-0.3, -0.25) is 9.59 Å². The summed E-state index contributed by atoms with van der Waals surface area (Å²) in [6, 6.07) is 3.48. The number of hydrogen-bond acceptors (Lipinski definition) is 3. The summed E-state index contributed by atoms with van der Waals surface area (Å²) in [4.78, 5) is 29.2. The lowest BCUT2D eigenvalue weighted by Gasteiger charge is -2.19. The minimum absolute atomic E-state index is 0.371. The second-order valence-electron chi connectivity index (χ2n) is 4.45. The predicted molar refractivity (Wildman–Crippen MR) is 74.7 cm³/mol. The Bertz CT molecular complexity index is 480. The van der Waals surface area contributed by atoms with E-state index in [0.717, 1.165) is 11.1 Å². The normalized spacial score (nSPS) is 9.84. The zero-order chi connectivity index (χ0) is 14.4. The topological polar surface area (TPSA) is 62.3 Å². The van der Waals surface area contributed by atoms with Crippen LogP contribution >= 0.6 is 0 Å². The van der Waals surface area contributed by atoms with Crippen LogP contribution in [-0.2, 0) is 9.59 Å². The average molecular weight is 261 g/mol. The highest BCUT2D eigenvalue weighted by molar-refractivity contribution is 6.39. The van der Waals surface area contributed by atoms with Crippen molar-refractivity contribution in [3.05, 3.63) is 36.0 Å². The Morgan fingerprint density at radius 2 is 2.11 bits per heavy atom. The summed E-state index contributed by atoms with van der Waals surface area (Å²) in [5.74, 6) is -0.886. The van der Waals surface area contributed by atoms with Gasteiger partial charge in [-0.05, 0) is 32.4 Å². The second kappa shape index (κ2) is 6.68. The molecule has 0 fully saturated rings. The Kier molecular flexibility index (Phi) is 5.23. The molecule has 102 valence electrons. The fourth-order valence-electron chi connectivity index (χ4n) is 1.51. The molecule has 0 aliphatic carbocycles. The van der Waals surface area contributed by atoms with Gasteiger partial charge in [0.2, 0.25) is 0 Å². The molecule has 0 atom stereocenters. The van der Waals surface area contributed by atoms with Crippen LogP contribution in [0.5, 0.6) is 0 Å². The lowest BCUT2D eigenvalue weighted by atomic mass is 10.3. The summed E-state index contributed by atoms with van der Waals surface area (Å²) in [5, 5.41) is 2.49. The molecular formula is C14H19N3O2. The first-order chi connectivity index (χ1) is 8.93. The van der Waals surface area contributed by atoms with Crippen molar-refractivity contribution in [3.8, 4) is 0 Å². The lowest BCUT2D eigenvalue weighted by molar-refractivity contribution is -0.142. The van der Waals surface area contributed by atoms with Gasteiger partial charge in [0, 0.05) is 19.3 Å². The smallest absolute Gasteiger partial charge is 0.315 e. The van der Waals surface area contributed by atoms with Gasteiger partial charge in [-0.25, -0.2) is 4.98 Å². The van der Waals surface area contributed by atoms with Gasteiger partial charge in [-0.15, -0.1) is 0 Å². The number of likely N-dealkylation sites (N-methyl/N-ethyl adjacent to an activating group) is 1. The Labute approximate surface area is 113 Å². The third-order valence-corrected chi connectivity index (χ3v) is 2.48. The SMILES string of the molecule is C=C(C)CN(CC)C(=O)C(=O)Nc1ccc(C)cn1. The van der Waals surface area contributed by atoms with Crippen LogP contribution in [0, 0.1) is 6.92 Å². The zero-order valence-corrected chi connectivity index (χ0v) is 11.6. The van der Waals surface area contributed by atoms with Crippen molar-refractivity contribution in [1.82, 2.24) is 9.88 Å². The van der Waals surface area contributed by atoms with Crippen molar-refractivity contribution >= 4 is 17.6 Å². The minimum atomic E-state index is -0.681. The largest absolute Gasteiger partial charge is 0.331 e. The van der Waals surface area contributed by atoms with Crippen LogP contribution in [0.1, 0.15) is 19.4 Å². The standard InChI is InChI=1S/C14H19N3O2/c1-5-17(9-10(2)3)14(19)13(18)16-12-7-6-11(4)8-15-12/h6-8H,2,5,9H2,1,3-4H3,(H,15,16,18). The van der Waals surface area contributed by atoms with Crippen molar-refractivity contribution in [2.24, 2.45) is 0 Å². The van der Waals surface area contributed by atoms with Gasteiger partial charge >= 0.3 is 11.8 Å². The number of pyridine rings is 1. The van der Waals surface area contributed by atoms with E-state index in [4.69, 9.17) is 0 Å². The summed E-state index contributed by atoms with van der Waals surface area (Å²) in [6.07, 6.45) is 1.63. The molecule has 0 bridgehead atoms. The van der Waals surface area contributed by atoms with Crippen molar-refractivity contribution in [1.29, 1.82) is 0 Å². The number of anilines is 1. The van der Waals surface area contributed by atoms with Gasteiger partial charge in [0.05, 0.1) is 0 Å². The number of nitrogens with one attached hydrogen (secondary N) is 1. The molecule has 1 rings (SSSR count). The Morgan fingerprint density at radius 1 is 1.42 bits per heavy atom. The van der Waals surface area contributed by atoms with Gasteiger partial charge in [-0.2, -0.15) is 0 Å². The molecule has 5 nitrogen and oxygen atoms in total. The van der Waals surface area contributed by atoms with E-state index in [2.05, 4.69) is 16.9 Å². The number of hydrogen-bond donors (Lipinski definition) is 1. The highest BCUT2D eigenvalue weighted by Gasteiger charge is 2.20. The highest BCUT2D eigenvalue weighted by atomic mass is 16.2. The molecule has 1 aromatic heterocycles. The molecular weight excluding hydrogens is 242 g/mol. The van der Waals surface area contributed by atoms with Crippen LogP contribution in [0.25, 0.3) is 0 Å². The quantitative estimate of drug-likeness (QED) is 0.663. The van der Waals surface area contributed by atoms with Gasteiger partial charge in [0.25, 0.3) is 0 Å². The molecule has 1 N–H and O–H groups in total. The molecule has 0 saturated heterocycles. The van der Waals surface area contributed by atoms with Gasteiger partial charge in [0.15, 0.2) is 0 Å². The number of nitrogens with zero attached hydrogens (tertiary/aromatic N) is 2. The molecule has 0 spiro atoms. The molecule has 0 radical (unpaired) electrons. The summed E-state index contributed by atoms with van der Waals surface area (Å²) >= 11 is 0. The fourth-order valence-corrected chi connectivity index (χ4v) is 1.51. The molecule has 0 unspecified atom stereocenters. The predicted octanol–water partition coefficient (Wildman–Crippen LogP) is 1.75. The maximum atomic E-state index is 11.9. The Balaban J connectivity index is 2.68. The Hall–Kier alpha value is -2.17. The molecule has 19 heavy (non-hydrogen) atoms. The van der Waals surface area contributed by atoms with Crippen molar-refractivity contribution in [2.75, 3.05) is 18.4 Å². The van der Waals surface area contributed by atoms with Crippen molar-refractivity contribution in [3.63, 3.8) is 0 Å². The van der Waals surface area contributed by atoms with Crippen LogP contribution in [0.4, 0.5) is 5.82 Å². The first-order valence-corrected chi connectivity index (χ1v) is 6.11. The van der Waals surface area contributed by atoms with E-state index in [1.807, 2.05) is 26.8 Å². The zero-order valence-electron chi connectivity index (χ0n) is 11.6. The summed E-state index contributed by atoms with van der Waals surface area (Å²) in [5.41, 5.74) is 1.82. The number of carbonyl (C=O) groups excluding carboxylic acids is 2. The first-order valence-electron chi connectivity index (χ1n) is 6.11. The first kappa shape index (κ1) is 14.9. The van der Waals surface area contributed by atoms with E-state index in [0.29, 0.717) is 18.9 Å². The summed E-state index contributed by atoms with van der Waals surface area (Å²) in [7, 11) is 0. The summed E-state index contributed by atoms with van der Waals surface area (Å²) < 4.78 is 0. The number of aromatic nitrogens is 1. The van der Waals surface area contributed by atoms with Crippen LogP contribution in [0.15, 0.2) is 30.5 Å². The van der Waals surface area contributed by atoms with E-state index in [1.54, 1.807) is 12.3 Å². The number of carbonyl (C=O) groups is 2. The van der Waals surface area contributed by atoms with E-state index in [9.17, 15) is 9.59 Å². The second-order valence-corrected chi connectivity index (χ2v) is 4.45. The van der Waals surface area contributed by atoms with Crippen LogP contribution in [0.2, 0.25) is 0 Å². The third-order valence-electron chi connectivity index (χ3n) is 2.48. The van der Waals surface area contributed by atoms with Crippen molar-refractivity contribution in [2.45, 2.75) is 20.8 Å². The van der Waals surface area contributed by atoms with Crippen molar-refractivity contribution < 1.29 is 9.59 Å². The highest BCUT2D eigenvalue weighted by Crippen LogP contribution is 2.05.